The molecule has 1 aliphatic rings. The Morgan fingerprint density at radius 2 is 1.86 bits per heavy atom. The van der Waals surface area contributed by atoms with E-state index >= 15 is 0 Å². The van der Waals surface area contributed by atoms with Gasteiger partial charge in [-0.1, -0.05) is 0 Å². The van der Waals surface area contributed by atoms with Gasteiger partial charge in [-0.2, -0.15) is 5.48 Å². The molecule has 0 spiro atoms. The molecular weight excluding hydrogens is 195 g/mol. The largest absolute Gasteiger partial charge is 0.301 e. The lowest BCUT2D eigenvalue weighted by atomic mass is 10.1. The van der Waals surface area contributed by atoms with Crippen molar-refractivity contribution in [2.75, 3.05) is 6.61 Å². The van der Waals surface area contributed by atoms with E-state index in [4.69, 9.17) is 4.84 Å². The van der Waals surface area contributed by atoms with Crippen LogP contribution in [-0.4, -0.2) is 6.61 Å². The lowest BCUT2D eigenvalue weighted by Crippen LogP contribution is -2.12. The van der Waals surface area contributed by atoms with Crippen molar-refractivity contribution >= 4 is 0 Å². The Morgan fingerprint density at radius 3 is 2.36 bits per heavy atom. The number of hydrogen-bond donors (Lipinski definition) is 1. The lowest BCUT2D eigenvalue weighted by Gasteiger charge is -2.09. The van der Waals surface area contributed by atoms with Gasteiger partial charge >= 0.3 is 0 Å². The second-order valence-electron chi connectivity index (χ2n) is 3.11. The number of benzene rings is 1. The zero-order chi connectivity index (χ0) is 10.1. The van der Waals surface area contributed by atoms with Crippen LogP contribution < -0.4 is 5.48 Å². The highest BCUT2D eigenvalue weighted by atomic mass is 19.2. The molecule has 1 aromatic rings. The fourth-order valence-corrected chi connectivity index (χ4v) is 1.41. The maximum absolute atomic E-state index is 12.8. The number of rotatable bonds is 1. The molecule has 1 saturated heterocycles. The van der Waals surface area contributed by atoms with Crippen LogP contribution in [0.25, 0.3) is 0 Å². The molecule has 0 bridgehead atoms. The zero-order valence-corrected chi connectivity index (χ0v) is 7.19. The molecule has 0 aliphatic carbocycles. The standard InChI is InChI=1S/C9H8F3NO/c10-6-3-5(4-7(11)9(6)12)8-1-2-14-13-8/h3-4,8,13H,1-2H2. The predicted molar refractivity (Wildman–Crippen MR) is 42.8 cm³/mol. The Kier molecular flexibility index (Phi) is 2.43. The van der Waals surface area contributed by atoms with Crippen molar-refractivity contribution in [1.29, 1.82) is 0 Å². The van der Waals surface area contributed by atoms with E-state index in [1.807, 2.05) is 0 Å². The number of hydroxylamine groups is 1. The van der Waals surface area contributed by atoms with Crippen molar-refractivity contribution in [3.63, 3.8) is 0 Å². The van der Waals surface area contributed by atoms with E-state index in [9.17, 15) is 13.2 Å². The van der Waals surface area contributed by atoms with E-state index in [-0.39, 0.29) is 6.04 Å². The highest BCUT2D eigenvalue weighted by molar-refractivity contribution is 5.22. The Bertz CT molecular complexity index is 327. The second-order valence-corrected chi connectivity index (χ2v) is 3.11. The van der Waals surface area contributed by atoms with Crippen molar-refractivity contribution in [2.24, 2.45) is 0 Å². The van der Waals surface area contributed by atoms with Gasteiger partial charge in [0.2, 0.25) is 0 Å². The summed E-state index contributed by atoms with van der Waals surface area (Å²) in [6, 6.07) is 1.69. The van der Waals surface area contributed by atoms with Crippen molar-refractivity contribution < 1.29 is 18.0 Å². The van der Waals surface area contributed by atoms with Crippen molar-refractivity contribution in [3.05, 3.63) is 35.1 Å². The molecule has 14 heavy (non-hydrogen) atoms. The molecule has 0 radical (unpaired) electrons. The van der Waals surface area contributed by atoms with Gasteiger partial charge in [-0.25, -0.2) is 13.2 Å². The van der Waals surface area contributed by atoms with Gasteiger partial charge in [0.1, 0.15) is 0 Å². The summed E-state index contributed by atoms with van der Waals surface area (Å²) in [5.74, 6) is -3.78. The van der Waals surface area contributed by atoms with Crippen molar-refractivity contribution in [1.82, 2.24) is 5.48 Å². The number of hydrogen-bond acceptors (Lipinski definition) is 2. The molecule has 0 saturated carbocycles. The van der Waals surface area contributed by atoms with Gasteiger partial charge in [0, 0.05) is 0 Å². The Balaban J connectivity index is 2.34. The molecule has 5 heteroatoms. The van der Waals surface area contributed by atoms with Gasteiger partial charge in [0.15, 0.2) is 17.5 Å². The maximum Gasteiger partial charge on any atom is 0.194 e. The van der Waals surface area contributed by atoms with Crippen LogP contribution in [0.15, 0.2) is 12.1 Å². The quantitative estimate of drug-likeness (QED) is 0.705. The minimum atomic E-state index is -1.44. The van der Waals surface area contributed by atoms with Crippen LogP contribution in [-0.2, 0) is 4.84 Å². The molecule has 1 aromatic carbocycles. The van der Waals surface area contributed by atoms with Crippen LogP contribution in [0.4, 0.5) is 13.2 Å². The first-order chi connectivity index (χ1) is 6.68. The molecule has 2 nitrogen and oxygen atoms in total. The summed E-state index contributed by atoms with van der Waals surface area (Å²) in [4.78, 5) is 4.83. The maximum atomic E-state index is 12.8. The first kappa shape index (κ1) is 9.48. The Hall–Kier alpha value is -1.07. The summed E-state index contributed by atoms with van der Waals surface area (Å²) in [5, 5.41) is 0. The van der Waals surface area contributed by atoms with E-state index in [1.165, 1.54) is 0 Å². The first-order valence-electron chi connectivity index (χ1n) is 4.20. The van der Waals surface area contributed by atoms with E-state index in [2.05, 4.69) is 5.48 Å². The first-order valence-corrected chi connectivity index (χ1v) is 4.20. The molecule has 1 aliphatic heterocycles. The van der Waals surface area contributed by atoms with Gasteiger partial charge in [-0.05, 0) is 24.1 Å². The van der Waals surface area contributed by atoms with Crippen molar-refractivity contribution in [2.45, 2.75) is 12.5 Å². The van der Waals surface area contributed by atoms with Gasteiger partial charge in [-0.3, -0.25) is 0 Å². The number of nitrogens with one attached hydrogen (secondary N) is 1. The SMILES string of the molecule is Fc1cc(C2CCON2)cc(F)c1F. The highest BCUT2D eigenvalue weighted by Gasteiger charge is 2.20. The molecule has 1 N–H and O–H groups in total. The zero-order valence-electron chi connectivity index (χ0n) is 7.19. The molecule has 0 amide bonds. The minimum Gasteiger partial charge on any atom is -0.301 e. The van der Waals surface area contributed by atoms with Gasteiger partial charge in [0.05, 0.1) is 12.6 Å². The van der Waals surface area contributed by atoms with Crippen LogP contribution >= 0.6 is 0 Å². The second kappa shape index (κ2) is 3.59. The smallest absolute Gasteiger partial charge is 0.194 e. The summed E-state index contributed by atoms with van der Waals surface area (Å²) in [5.41, 5.74) is 2.95. The third kappa shape index (κ3) is 1.60. The van der Waals surface area contributed by atoms with Gasteiger partial charge in [-0.15, -0.1) is 0 Å². The van der Waals surface area contributed by atoms with Crippen LogP contribution in [0, 0.1) is 17.5 Å². The number of halogens is 3. The Labute approximate surface area is 78.6 Å². The molecule has 76 valence electrons. The van der Waals surface area contributed by atoms with Gasteiger partial charge < -0.3 is 4.84 Å². The summed E-state index contributed by atoms with van der Waals surface area (Å²) in [7, 11) is 0. The minimum absolute atomic E-state index is 0.264. The molecule has 1 atom stereocenters. The van der Waals surface area contributed by atoms with E-state index < -0.39 is 17.5 Å². The Morgan fingerprint density at radius 1 is 1.21 bits per heavy atom. The van der Waals surface area contributed by atoms with E-state index in [1.54, 1.807) is 0 Å². The third-order valence-electron chi connectivity index (χ3n) is 2.14. The van der Waals surface area contributed by atoms with Crippen LogP contribution in [0.2, 0.25) is 0 Å². The normalized spacial score (nSPS) is 21.5. The molecule has 1 unspecified atom stereocenters. The molecular formula is C9H8F3NO. The van der Waals surface area contributed by atoms with Crippen LogP contribution in [0.5, 0.6) is 0 Å². The van der Waals surface area contributed by atoms with E-state index in [0.717, 1.165) is 12.1 Å². The molecule has 2 rings (SSSR count). The molecule has 1 heterocycles. The monoisotopic (exact) mass is 203 g/mol. The fraction of sp³-hybridized carbons (Fsp3) is 0.333. The topological polar surface area (TPSA) is 21.3 Å². The van der Waals surface area contributed by atoms with Crippen LogP contribution in [0.3, 0.4) is 0 Å². The third-order valence-corrected chi connectivity index (χ3v) is 2.14. The van der Waals surface area contributed by atoms with Crippen molar-refractivity contribution in [3.8, 4) is 0 Å². The highest BCUT2D eigenvalue weighted by Crippen LogP contribution is 2.24. The summed E-state index contributed by atoms with van der Waals surface area (Å²) >= 11 is 0. The lowest BCUT2D eigenvalue weighted by molar-refractivity contribution is 0.0881. The summed E-state index contributed by atoms with van der Waals surface area (Å²) in [6.45, 7) is 0.477. The van der Waals surface area contributed by atoms with Gasteiger partial charge in [0.25, 0.3) is 0 Å². The fourth-order valence-electron chi connectivity index (χ4n) is 1.41. The van der Waals surface area contributed by atoms with Crippen LogP contribution in [0.1, 0.15) is 18.0 Å². The summed E-state index contributed by atoms with van der Waals surface area (Å²) in [6.07, 6.45) is 0.616. The average molecular weight is 203 g/mol. The van der Waals surface area contributed by atoms with E-state index in [0.29, 0.717) is 18.6 Å². The predicted octanol–water partition coefficient (Wildman–Crippen LogP) is 2.07. The summed E-state index contributed by atoms with van der Waals surface area (Å²) < 4.78 is 38.2. The molecule has 1 fully saturated rings. The average Bonchev–Trinajstić information content (AvgIpc) is 2.66. The molecule has 0 aromatic heterocycles.